The van der Waals surface area contributed by atoms with Gasteiger partial charge in [-0.15, -0.1) is 0 Å². The van der Waals surface area contributed by atoms with E-state index >= 15 is 0 Å². The minimum absolute atomic E-state index is 0.0892. The molecular formula is C50H86NO10P. The highest BCUT2D eigenvalue weighted by molar-refractivity contribution is 7.47. The number of aliphatic carboxylic acids is 1. The van der Waals surface area contributed by atoms with Gasteiger partial charge in [-0.3, -0.25) is 23.4 Å². The van der Waals surface area contributed by atoms with Crippen LogP contribution in [0.15, 0.2) is 72.9 Å². The molecule has 0 aliphatic carbocycles. The van der Waals surface area contributed by atoms with E-state index < -0.39 is 51.1 Å². The lowest BCUT2D eigenvalue weighted by atomic mass is 10.0. The van der Waals surface area contributed by atoms with Crippen molar-refractivity contribution < 1.29 is 47.5 Å². The predicted molar refractivity (Wildman–Crippen MR) is 254 cm³/mol. The van der Waals surface area contributed by atoms with Crippen molar-refractivity contribution in [2.75, 3.05) is 19.8 Å². The van der Waals surface area contributed by atoms with Crippen LogP contribution in [0, 0.1) is 0 Å². The van der Waals surface area contributed by atoms with Gasteiger partial charge in [0.15, 0.2) is 6.10 Å². The maximum atomic E-state index is 12.6. The van der Waals surface area contributed by atoms with Crippen LogP contribution in [0.2, 0.25) is 0 Å². The largest absolute Gasteiger partial charge is 0.480 e. The molecule has 0 bridgehead atoms. The first-order chi connectivity index (χ1) is 30.1. The van der Waals surface area contributed by atoms with Crippen LogP contribution in [-0.4, -0.2) is 59.9 Å². The molecule has 0 radical (unpaired) electrons. The third-order valence-electron chi connectivity index (χ3n) is 9.92. The van der Waals surface area contributed by atoms with Crippen molar-refractivity contribution in [2.24, 2.45) is 5.73 Å². The molecule has 1 unspecified atom stereocenters. The smallest absolute Gasteiger partial charge is 0.472 e. The molecule has 0 spiro atoms. The van der Waals surface area contributed by atoms with Crippen LogP contribution in [-0.2, 0) is 37.5 Å². The summed E-state index contributed by atoms with van der Waals surface area (Å²) in [6.45, 7) is 2.62. The molecule has 62 heavy (non-hydrogen) atoms. The van der Waals surface area contributed by atoms with Crippen molar-refractivity contribution in [3.05, 3.63) is 72.9 Å². The Morgan fingerprint density at radius 1 is 0.516 bits per heavy atom. The van der Waals surface area contributed by atoms with Crippen molar-refractivity contribution in [3.8, 4) is 0 Å². The van der Waals surface area contributed by atoms with E-state index in [4.69, 9.17) is 24.8 Å². The van der Waals surface area contributed by atoms with Gasteiger partial charge >= 0.3 is 25.7 Å². The van der Waals surface area contributed by atoms with Gasteiger partial charge in [0.1, 0.15) is 12.6 Å². The zero-order chi connectivity index (χ0) is 45.6. The van der Waals surface area contributed by atoms with Crippen LogP contribution in [0.5, 0.6) is 0 Å². The summed E-state index contributed by atoms with van der Waals surface area (Å²) in [5.74, 6) is -2.49. The van der Waals surface area contributed by atoms with E-state index in [1.807, 2.05) is 6.08 Å². The molecule has 356 valence electrons. The molecule has 0 heterocycles. The molecule has 11 nitrogen and oxygen atoms in total. The molecule has 0 saturated carbocycles. The summed E-state index contributed by atoms with van der Waals surface area (Å²) < 4.78 is 32.7. The number of unbranched alkanes of at least 4 members (excludes halogenated alkanes) is 18. The molecule has 0 aliphatic heterocycles. The van der Waals surface area contributed by atoms with Crippen LogP contribution in [0.3, 0.4) is 0 Å². The van der Waals surface area contributed by atoms with E-state index in [1.54, 1.807) is 0 Å². The van der Waals surface area contributed by atoms with Crippen molar-refractivity contribution in [2.45, 2.75) is 206 Å². The standard InChI is InChI=1S/C50H86NO10P/c1-3-5-7-9-11-13-15-17-19-20-21-22-23-24-25-26-28-30-32-34-36-38-40-42-49(53)61-46(44-59-62(56,57)60-45-47(51)50(54)55)43-58-48(52)41-39-37-35-33-31-29-27-18-16-14-12-10-8-6-4-2/h6,8,12,14,18,26-28,31,33-34,36,46-47H,3-5,7,9-11,13,15-17,19-25,29-30,32,35,37-45,51H2,1-2H3,(H,54,55)(H,56,57)/b8-6+,14-12+,27-18+,28-26+,33-31+,36-34+/t46-,47-/m0/s1. The number of carbonyl (C=O) groups is 3. The third-order valence-corrected chi connectivity index (χ3v) is 10.9. The average molecular weight is 892 g/mol. The van der Waals surface area contributed by atoms with Gasteiger partial charge in [-0.2, -0.15) is 0 Å². The number of allylic oxidation sites excluding steroid dienone is 12. The Bertz CT molecular complexity index is 1320. The van der Waals surface area contributed by atoms with E-state index in [-0.39, 0.29) is 19.4 Å². The van der Waals surface area contributed by atoms with Gasteiger partial charge in [-0.05, 0) is 83.5 Å². The molecule has 0 aromatic rings. The number of carbonyl (C=O) groups excluding carboxylic acids is 2. The van der Waals surface area contributed by atoms with Gasteiger partial charge in [-0.1, -0.05) is 170 Å². The second kappa shape index (κ2) is 44.5. The molecule has 0 aromatic carbocycles. The Morgan fingerprint density at radius 2 is 0.935 bits per heavy atom. The van der Waals surface area contributed by atoms with Gasteiger partial charge < -0.3 is 25.2 Å². The van der Waals surface area contributed by atoms with Gasteiger partial charge in [0.25, 0.3) is 0 Å². The molecule has 0 aliphatic rings. The first-order valence-electron chi connectivity index (χ1n) is 24.0. The monoisotopic (exact) mass is 892 g/mol. The number of phosphoric acid groups is 1. The number of carboxylic acid groups (broad SMARTS) is 1. The van der Waals surface area contributed by atoms with E-state index in [0.29, 0.717) is 19.3 Å². The SMILES string of the molecule is CC/C=C/C/C=C/C/C=C/C/C=C/CCCCC(=O)OC[C@@H](COP(=O)(O)OC[C@H](N)C(=O)O)OC(=O)CCC/C=C/CC/C=C/CCCCCCCCCCCCCCCC. The van der Waals surface area contributed by atoms with Crippen LogP contribution in [0.4, 0.5) is 0 Å². The fraction of sp³-hybridized carbons (Fsp3) is 0.700. The minimum atomic E-state index is -4.74. The molecule has 0 saturated heterocycles. The number of nitrogens with two attached hydrogens (primary N) is 1. The Morgan fingerprint density at radius 3 is 1.47 bits per heavy atom. The highest BCUT2D eigenvalue weighted by atomic mass is 31.2. The van der Waals surface area contributed by atoms with Crippen LogP contribution in [0.25, 0.3) is 0 Å². The lowest BCUT2D eigenvalue weighted by Crippen LogP contribution is -2.34. The van der Waals surface area contributed by atoms with E-state index in [9.17, 15) is 23.8 Å². The number of esters is 2. The molecule has 0 amide bonds. The van der Waals surface area contributed by atoms with Gasteiger partial charge in [-0.25, -0.2) is 4.57 Å². The summed E-state index contributed by atoms with van der Waals surface area (Å²) in [6, 6.07) is -1.54. The minimum Gasteiger partial charge on any atom is -0.480 e. The highest BCUT2D eigenvalue weighted by Gasteiger charge is 2.28. The second-order valence-electron chi connectivity index (χ2n) is 15.8. The Hall–Kier alpha value is -3.08. The first-order valence-corrected chi connectivity index (χ1v) is 25.5. The molecular weight excluding hydrogens is 806 g/mol. The van der Waals surface area contributed by atoms with Gasteiger partial charge in [0.2, 0.25) is 0 Å². The maximum Gasteiger partial charge on any atom is 0.472 e. The molecule has 12 heteroatoms. The Balaban J connectivity index is 4.38. The van der Waals surface area contributed by atoms with Crippen molar-refractivity contribution >= 4 is 25.7 Å². The van der Waals surface area contributed by atoms with Crippen molar-refractivity contribution in [1.29, 1.82) is 0 Å². The lowest BCUT2D eigenvalue weighted by molar-refractivity contribution is -0.161. The fourth-order valence-corrected chi connectivity index (χ4v) is 6.97. The molecule has 3 atom stereocenters. The zero-order valence-corrected chi connectivity index (χ0v) is 39.6. The zero-order valence-electron chi connectivity index (χ0n) is 38.7. The molecule has 0 aromatic heterocycles. The fourth-order valence-electron chi connectivity index (χ4n) is 6.19. The summed E-state index contributed by atoms with van der Waals surface area (Å²) in [5.41, 5.74) is 5.34. The van der Waals surface area contributed by atoms with Gasteiger partial charge in [0.05, 0.1) is 13.2 Å². The topological polar surface area (TPSA) is 172 Å². The normalized spacial score (nSPS) is 14.3. The Labute approximate surface area is 376 Å². The van der Waals surface area contributed by atoms with Crippen molar-refractivity contribution in [3.63, 3.8) is 0 Å². The Kier molecular flexibility index (Phi) is 42.3. The number of ether oxygens (including phenoxy) is 2. The summed E-state index contributed by atoms with van der Waals surface area (Å²) in [6.07, 6.45) is 54.2. The van der Waals surface area contributed by atoms with E-state index in [1.165, 1.54) is 89.9 Å². The van der Waals surface area contributed by atoms with Crippen LogP contribution >= 0.6 is 7.82 Å². The van der Waals surface area contributed by atoms with E-state index in [0.717, 1.165) is 57.8 Å². The second-order valence-corrected chi connectivity index (χ2v) is 17.3. The summed E-state index contributed by atoms with van der Waals surface area (Å²) in [4.78, 5) is 46.0. The number of hydrogen-bond donors (Lipinski definition) is 3. The quantitative estimate of drug-likeness (QED) is 0.0230. The number of hydrogen-bond acceptors (Lipinski definition) is 9. The summed E-state index contributed by atoms with van der Waals surface area (Å²) in [7, 11) is -4.74. The molecule has 0 rings (SSSR count). The number of rotatable bonds is 44. The maximum absolute atomic E-state index is 12.6. The van der Waals surface area contributed by atoms with Crippen LogP contribution in [0.1, 0.15) is 194 Å². The van der Waals surface area contributed by atoms with Crippen molar-refractivity contribution in [1.82, 2.24) is 0 Å². The average Bonchev–Trinajstić information content (AvgIpc) is 3.25. The van der Waals surface area contributed by atoms with Gasteiger partial charge in [0, 0.05) is 12.8 Å². The first kappa shape index (κ1) is 58.9. The lowest BCUT2D eigenvalue weighted by Gasteiger charge is -2.20. The summed E-state index contributed by atoms with van der Waals surface area (Å²) >= 11 is 0. The number of carboxylic acids is 1. The number of phosphoric ester groups is 1. The predicted octanol–water partition coefficient (Wildman–Crippen LogP) is 13.3. The molecule has 4 N–H and O–H groups in total. The van der Waals surface area contributed by atoms with Crippen LogP contribution < -0.4 is 5.73 Å². The highest BCUT2D eigenvalue weighted by Crippen LogP contribution is 2.43. The third kappa shape index (κ3) is 43.6. The summed E-state index contributed by atoms with van der Waals surface area (Å²) in [5, 5.41) is 8.90. The molecule has 0 fully saturated rings. The van der Waals surface area contributed by atoms with E-state index in [2.05, 4.69) is 85.2 Å².